The first kappa shape index (κ1) is 7.33. The quantitative estimate of drug-likeness (QED) is 0.516. The second-order valence-electron chi connectivity index (χ2n) is 2.90. The van der Waals surface area contributed by atoms with Crippen LogP contribution in [0.15, 0.2) is 35.5 Å². The summed E-state index contributed by atoms with van der Waals surface area (Å²) >= 11 is 0. The highest BCUT2D eigenvalue weighted by molar-refractivity contribution is 5.36. The normalized spacial score (nSPS) is 18.8. The average Bonchev–Trinajstić information content (AvgIpc) is 1.88. The summed E-state index contributed by atoms with van der Waals surface area (Å²) in [7, 11) is 0. The van der Waals surface area contributed by atoms with Crippen molar-refractivity contribution in [2.75, 3.05) is 0 Å². The Morgan fingerprint density at radius 3 is 2.60 bits per heavy atom. The van der Waals surface area contributed by atoms with Gasteiger partial charge in [-0.05, 0) is 37.8 Å². The molecule has 1 rings (SSSR count). The molecule has 0 heterocycles. The van der Waals surface area contributed by atoms with Crippen molar-refractivity contribution >= 4 is 0 Å². The largest absolute Gasteiger partial charge is 0.0988 e. The Bertz CT molecular complexity index is 204. The smallest absolute Gasteiger partial charge is 0.0239 e. The van der Waals surface area contributed by atoms with Gasteiger partial charge in [0, 0.05) is 0 Å². The maximum atomic E-state index is 3.77. The van der Waals surface area contributed by atoms with Gasteiger partial charge in [-0.3, -0.25) is 0 Å². The molecule has 0 saturated carbocycles. The van der Waals surface area contributed by atoms with Crippen LogP contribution < -0.4 is 0 Å². The minimum atomic E-state index is 1.18. The molecule has 0 aromatic carbocycles. The van der Waals surface area contributed by atoms with Crippen LogP contribution in [-0.4, -0.2) is 0 Å². The Morgan fingerprint density at radius 2 is 2.10 bits per heavy atom. The summed E-state index contributed by atoms with van der Waals surface area (Å²) in [4.78, 5) is 0. The van der Waals surface area contributed by atoms with E-state index in [1.165, 1.54) is 29.6 Å². The average molecular weight is 134 g/mol. The minimum Gasteiger partial charge on any atom is -0.0988 e. The molecule has 0 radical (unpaired) electrons. The third kappa shape index (κ3) is 1.38. The Kier molecular flexibility index (Phi) is 2.10. The van der Waals surface area contributed by atoms with Crippen LogP contribution in [-0.2, 0) is 0 Å². The zero-order chi connectivity index (χ0) is 7.56. The molecule has 0 fully saturated rings. The second-order valence-corrected chi connectivity index (χ2v) is 2.90. The molecule has 0 N–H and O–H groups in total. The molecule has 10 heavy (non-hydrogen) atoms. The van der Waals surface area contributed by atoms with Gasteiger partial charge in [0.05, 0.1) is 0 Å². The van der Waals surface area contributed by atoms with Gasteiger partial charge in [-0.15, -0.1) is 0 Å². The van der Waals surface area contributed by atoms with Gasteiger partial charge < -0.3 is 0 Å². The van der Waals surface area contributed by atoms with E-state index in [0.29, 0.717) is 0 Å². The molecule has 0 spiro atoms. The molecular weight excluding hydrogens is 120 g/mol. The summed E-state index contributed by atoms with van der Waals surface area (Å²) in [5.74, 6) is 0. The zero-order valence-electron chi connectivity index (χ0n) is 6.78. The van der Waals surface area contributed by atoms with Crippen molar-refractivity contribution in [3.63, 3.8) is 0 Å². The van der Waals surface area contributed by atoms with Crippen LogP contribution >= 0.6 is 0 Å². The fraction of sp³-hybridized carbons (Fsp3) is 0.400. The van der Waals surface area contributed by atoms with E-state index in [4.69, 9.17) is 0 Å². The highest BCUT2D eigenvalue weighted by atomic mass is 14.1. The van der Waals surface area contributed by atoms with E-state index >= 15 is 0 Å². The topological polar surface area (TPSA) is 0 Å². The molecule has 0 nitrogen and oxygen atoms in total. The fourth-order valence-electron chi connectivity index (χ4n) is 1.33. The van der Waals surface area contributed by atoms with Gasteiger partial charge in [0.2, 0.25) is 0 Å². The van der Waals surface area contributed by atoms with Crippen LogP contribution in [0.1, 0.15) is 26.7 Å². The van der Waals surface area contributed by atoms with Crippen molar-refractivity contribution in [3.05, 3.63) is 35.5 Å². The third-order valence-electron chi connectivity index (χ3n) is 2.00. The first-order valence-corrected chi connectivity index (χ1v) is 3.73. The molecule has 54 valence electrons. The molecule has 0 amide bonds. The Morgan fingerprint density at radius 1 is 1.40 bits per heavy atom. The van der Waals surface area contributed by atoms with Crippen molar-refractivity contribution in [1.29, 1.82) is 0 Å². The van der Waals surface area contributed by atoms with E-state index in [0.717, 1.165) is 0 Å². The number of hydrogen-bond donors (Lipinski definition) is 0. The van der Waals surface area contributed by atoms with E-state index in [-0.39, 0.29) is 0 Å². The van der Waals surface area contributed by atoms with Gasteiger partial charge in [-0.1, -0.05) is 24.3 Å². The van der Waals surface area contributed by atoms with Gasteiger partial charge >= 0.3 is 0 Å². The third-order valence-corrected chi connectivity index (χ3v) is 2.00. The summed E-state index contributed by atoms with van der Waals surface area (Å²) in [6.07, 6.45) is 6.61. The zero-order valence-corrected chi connectivity index (χ0v) is 6.78. The lowest BCUT2D eigenvalue weighted by Crippen LogP contribution is -1.92. The molecule has 0 unspecified atom stereocenters. The summed E-state index contributed by atoms with van der Waals surface area (Å²) in [6.45, 7) is 8.11. The second kappa shape index (κ2) is 2.87. The Labute approximate surface area is 62.9 Å². The number of allylic oxidation sites excluding steroid dienone is 5. The van der Waals surface area contributed by atoms with E-state index in [2.05, 4.69) is 26.5 Å². The monoisotopic (exact) mass is 134 g/mol. The van der Waals surface area contributed by atoms with Crippen LogP contribution in [0.2, 0.25) is 0 Å². The van der Waals surface area contributed by atoms with Crippen LogP contribution in [0.25, 0.3) is 0 Å². The van der Waals surface area contributed by atoms with Crippen LogP contribution in [0.3, 0.4) is 0 Å². The molecule has 0 atom stereocenters. The van der Waals surface area contributed by atoms with Crippen molar-refractivity contribution in [1.82, 2.24) is 0 Å². The van der Waals surface area contributed by atoms with Gasteiger partial charge in [-0.25, -0.2) is 0 Å². The van der Waals surface area contributed by atoms with Gasteiger partial charge in [0.1, 0.15) is 0 Å². The van der Waals surface area contributed by atoms with E-state index in [9.17, 15) is 0 Å². The molecule has 0 aromatic heterocycles. The first-order valence-electron chi connectivity index (χ1n) is 3.73. The first-order chi connectivity index (χ1) is 4.74. The Balaban J connectivity index is 2.90. The van der Waals surface area contributed by atoms with Crippen molar-refractivity contribution < 1.29 is 0 Å². The summed E-state index contributed by atoms with van der Waals surface area (Å²) in [5, 5.41) is 0. The molecule has 0 aliphatic heterocycles. The lowest BCUT2D eigenvalue weighted by Gasteiger charge is -2.12. The van der Waals surface area contributed by atoms with Gasteiger partial charge in [-0.2, -0.15) is 0 Å². The number of hydrogen-bond acceptors (Lipinski definition) is 0. The SMILES string of the molecule is C=CC1=C(C)C=C(C)CC1. The maximum Gasteiger partial charge on any atom is -0.0239 e. The summed E-state index contributed by atoms with van der Waals surface area (Å²) in [5.41, 5.74) is 4.28. The molecule has 0 aromatic rings. The molecule has 0 saturated heterocycles. The summed E-state index contributed by atoms with van der Waals surface area (Å²) < 4.78 is 0. The lowest BCUT2D eigenvalue weighted by molar-refractivity contribution is 0.910. The van der Waals surface area contributed by atoms with Crippen molar-refractivity contribution in [3.8, 4) is 0 Å². The highest BCUT2D eigenvalue weighted by Gasteiger charge is 2.03. The molecule has 0 bridgehead atoms. The predicted octanol–water partition coefficient (Wildman–Crippen LogP) is 3.23. The van der Waals surface area contributed by atoms with Crippen LogP contribution in [0, 0.1) is 0 Å². The van der Waals surface area contributed by atoms with Crippen molar-refractivity contribution in [2.45, 2.75) is 26.7 Å². The standard InChI is InChI=1S/C10H14/c1-4-10-6-5-8(2)7-9(10)3/h4,7H,1,5-6H2,2-3H3. The molecule has 1 aliphatic carbocycles. The minimum absolute atomic E-state index is 1.18. The van der Waals surface area contributed by atoms with E-state index < -0.39 is 0 Å². The van der Waals surface area contributed by atoms with Crippen molar-refractivity contribution in [2.24, 2.45) is 0 Å². The fourth-order valence-corrected chi connectivity index (χ4v) is 1.33. The molecule has 0 heteroatoms. The lowest BCUT2D eigenvalue weighted by atomic mass is 9.94. The highest BCUT2D eigenvalue weighted by Crippen LogP contribution is 2.23. The molecule has 1 aliphatic rings. The van der Waals surface area contributed by atoms with E-state index in [1.54, 1.807) is 0 Å². The van der Waals surface area contributed by atoms with Gasteiger partial charge in [0.15, 0.2) is 0 Å². The van der Waals surface area contributed by atoms with Gasteiger partial charge in [0.25, 0.3) is 0 Å². The summed E-state index contributed by atoms with van der Waals surface area (Å²) in [6, 6.07) is 0. The number of rotatable bonds is 1. The molecular formula is C10H14. The van der Waals surface area contributed by atoms with Crippen LogP contribution in [0.4, 0.5) is 0 Å². The van der Waals surface area contributed by atoms with E-state index in [1.807, 2.05) is 6.08 Å². The van der Waals surface area contributed by atoms with Crippen LogP contribution in [0.5, 0.6) is 0 Å². The Hall–Kier alpha value is -0.780. The maximum absolute atomic E-state index is 3.77. The predicted molar refractivity (Wildman–Crippen MR) is 45.9 cm³/mol.